The lowest BCUT2D eigenvalue weighted by atomic mass is 9.98. The Morgan fingerprint density at radius 2 is 1.57 bits per heavy atom. The third kappa shape index (κ3) is 8.66. The number of carbonyl (C=O) groups excluding carboxylic acids is 3. The number of carbonyl (C=O) groups is 3. The van der Waals surface area contributed by atoms with Gasteiger partial charge in [0.25, 0.3) is 0 Å². The minimum atomic E-state index is -1.91. The average Bonchev–Trinajstić information content (AvgIpc) is 2.68. The lowest BCUT2D eigenvalue weighted by Gasteiger charge is -2.41. The first-order chi connectivity index (χ1) is 14.0. The van der Waals surface area contributed by atoms with Crippen molar-refractivity contribution in [3.8, 4) is 0 Å². The molecule has 1 rings (SSSR count). The Bertz CT molecular complexity index is 599. The van der Waals surface area contributed by atoms with E-state index in [1.807, 2.05) is 0 Å². The van der Waals surface area contributed by atoms with E-state index in [1.54, 1.807) is 0 Å². The van der Waals surface area contributed by atoms with Crippen LogP contribution in [0.25, 0.3) is 0 Å². The van der Waals surface area contributed by atoms with Gasteiger partial charge in [0.2, 0.25) is 0 Å². The lowest BCUT2D eigenvalue weighted by Crippen LogP contribution is -3.04. The summed E-state index contributed by atoms with van der Waals surface area (Å²) in [6.07, 6.45) is -8.71. The van der Waals surface area contributed by atoms with Crippen LogP contribution in [0.2, 0.25) is 0 Å². The smallest absolute Gasteiger partial charge is 0.330 e. The van der Waals surface area contributed by atoms with Crippen LogP contribution in [0.3, 0.4) is 0 Å². The fourth-order valence-electron chi connectivity index (χ4n) is 2.36. The Hall–Kier alpha value is -2.21. The maximum absolute atomic E-state index is 11.9. The normalized spacial score (nSPS) is 28.1. The molecule has 1 saturated heterocycles. The van der Waals surface area contributed by atoms with Gasteiger partial charge in [0.15, 0.2) is 18.5 Å². The summed E-state index contributed by atoms with van der Waals surface area (Å²) >= 11 is 0. The first-order valence-electron chi connectivity index (χ1n) is 8.68. The van der Waals surface area contributed by atoms with Gasteiger partial charge in [0.05, 0.1) is 12.8 Å². The maximum atomic E-state index is 11.9. The molecule has 0 aromatic rings. The summed E-state index contributed by atoms with van der Waals surface area (Å²) in [4.78, 5) is 34.9. The molecule has 15 nitrogen and oxygen atoms in total. The van der Waals surface area contributed by atoms with Gasteiger partial charge in [-0.15, -0.1) is 0 Å². The van der Waals surface area contributed by atoms with Crippen molar-refractivity contribution in [2.45, 2.75) is 43.5 Å². The molecule has 1 fully saturated rings. The molecule has 0 saturated carbocycles. The van der Waals surface area contributed by atoms with E-state index in [0.717, 1.165) is 6.08 Å². The van der Waals surface area contributed by atoms with Gasteiger partial charge in [0, 0.05) is 6.08 Å². The number of ether oxygens (including phenoxy) is 4. The Morgan fingerprint density at radius 1 is 1.00 bits per heavy atom. The molecule has 7 atom stereocenters. The van der Waals surface area contributed by atoms with Gasteiger partial charge in [-0.3, -0.25) is 9.59 Å². The quantitative estimate of drug-likeness (QED) is 0.0766. The van der Waals surface area contributed by atoms with Gasteiger partial charge >= 0.3 is 17.9 Å². The van der Waals surface area contributed by atoms with Gasteiger partial charge in [-0.1, -0.05) is 6.58 Å². The van der Waals surface area contributed by atoms with Crippen LogP contribution in [0.4, 0.5) is 0 Å². The van der Waals surface area contributed by atoms with E-state index in [1.165, 1.54) is 0 Å². The molecule has 2 unspecified atom stereocenters. The van der Waals surface area contributed by atoms with Crippen molar-refractivity contribution in [2.75, 3.05) is 19.7 Å². The molecule has 0 bridgehead atoms. The number of aliphatic hydroxyl groups is 2. The number of esters is 3. The SMILES string of the molecule is C=CC(=O)O[C@@H]1[C@@H](OC(=O)CC[NH+]([O-])O)[C@H](O)[C@@H](COC(=O)CC[NH+]([O-])O)O[C@@H]1O. The van der Waals surface area contributed by atoms with Crippen LogP contribution in [0, 0.1) is 10.4 Å². The lowest BCUT2D eigenvalue weighted by molar-refractivity contribution is -1.05. The van der Waals surface area contributed by atoms with Crippen LogP contribution < -0.4 is 10.5 Å². The fourth-order valence-corrected chi connectivity index (χ4v) is 2.36. The monoisotopic (exact) mass is 440 g/mol. The van der Waals surface area contributed by atoms with E-state index in [-0.39, 0.29) is 0 Å². The van der Waals surface area contributed by atoms with E-state index in [0.29, 0.717) is 0 Å². The number of hydrogen-bond acceptors (Lipinski definition) is 13. The minimum absolute atomic E-state index is 0.451. The standard InChI is InChI=1S/C15H24N2O13/c1-2-9(18)29-14-13(30-11(20)4-6-17(25)26)12(21)8(28-15(14)22)7-27-10(19)3-5-16(23)24/h2,8,12-17,21-23,25H,1,3-7H2/t8-,12-,13+,14-,15+/m1/s1. The highest BCUT2D eigenvalue weighted by Crippen LogP contribution is 2.26. The van der Waals surface area contributed by atoms with Crippen molar-refractivity contribution in [2.24, 2.45) is 0 Å². The highest BCUT2D eigenvalue weighted by Gasteiger charge is 2.49. The fraction of sp³-hybridized carbons (Fsp3) is 0.667. The van der Waals surface area contributed by atoms with Crippen molar-refractivity contribution in [3.05, 3.63) is 23.1 Å². The number of rotatable bonds is 11. The van der Waals surface area contributed by atoms with E-state index in [2.05, 4.69) is 6.58 Å². The van der Waals surface area contributed by atoms with Crippen LogP contribution in [-0.4, -0.2) is 88.9 Å². The molecule has 30 heavy (non-hydrogen) atoms. The third-order valence-corrected chi connectivity index (χ3v) is 3.82. The zero-order valence-electron chi connectivity index (χ0n) is 15.7. The highest BCUT2D eigenvalue weighted by atomic mass is 16.8. The summed E-state index contributed by atoms with van der Waals surface area (Å²) in [5.41, 5.74) is 0. The summed E-state index contributed by atoms with van der Waals surface area (Å²) in [6, 6.07) is 0. The number of hydroxylamine groups is 4. The number of aliphatic hydroxyl groups excluding tert-OH is 2. The zero-order chi connectivity index (χ0) is 22.8. The predicted octanol–water partition coefficient (Wildman–Crippen LogP) is -5.06. The van der Waals surface area contributed by atoms with Gasteiger partial charge in [-0.2, -0.15) is 0 Å². The van der Waals surface area contributed by atoms with Gasteiger partial charge in [-0.25, -0.2) is 25.7 Å². The predicted molar refractivity (Wildman–Crippen MR) is 89.0 cm³/mol. The third-order valence-electron chi connectivity index (χ3n) is 3.82. The van der Waals surface area contributed by atoms with Crippen LogP contribution >= 0.6 is 0 Å². The molecule has 172 valence electrons. The van der Waals surface area contributed by atoms with Crippen LogP contribution in [-0.2, 0) is 33.3 Å². The molecular weight excluding hydrogens is 416 g/mol. The summed E-state index contributed by atoms with van der Waals surface area (Å²) in [7, 11) is 0. The van der Waals surface area contributed by atoms with Crippen molar-refractivity contribution < 1.29 is 64.4 Å². The zero-order valence-corrected chi connectivity index (χ0v) is 15.7. The molecule has 1 aliphatic rings. The molecule has 6 N–H and O–H groups in total. The summed E-state index contributed by atoms with van der Waals surface area (Å²) in [5, 5.41) is 56.2. The van der Waals surface area contributed by atoms with E-state index >= 15 is 0 Å². The van der Waals surface area contributed by atoms with Gasteiger partial charge < -0.3 is 39.6 Å². The second-order valence-corrected chi connectivity index (χ2v) is 6.09. The second kappa shape index (κ2) is 12.5. The Balaban J connectivity index is 2.83. The van der Waals surface area contributed by atoms with Crippen molar-refractivity contribution in [1.29, 1.82) is 0 Å². The van der Waals surface area contributed by atoms with E-state index < -0.39 is 91.6 Å². The molecular formula is C15H24N2O13. The summed E-state index contributed by atoms with van der Waals surface area (Å²) in [6.45, 7) is 1.48. The number of hydrogen-bond donors (Lipinski definition) is 6. The molecule has 0 aromatic carbocycles. The molecule has 0 aromatic heterocycles. The van der Waals surface area contributed by atoms with Crippen molar-refractivity contribution in [1.82, 2.24) is 0 Å². The van der Waals surface area contributed by atoms with Crippen LogP contribution in [0.1, 0.15) is 12.8 Å². The Kier molecular flexibility index (Phi) is 10.7. The molecule has 1 heterocycles. The summed E-state index contributed by atoms with van der Waals surface area (Å²) < 4.78 is 19.7. The Labute approximate surface area is 169 Å². The molecule has 0 radical (unpaired) electrons. The molecule has 0 amide bonds. The largest absolute Gasteiger partial charge is 0.600 e. The topological polar surface area (TPSA) is 224 Å². The molecule has 0 aliphatic carbocycles. The first kappa shape index (κ1) is 25.8. The first-order valence-corrected chi connectivity index (χ1v) is 8.68. The van der Waals surface area contributed by atoms with Gasteiger partial charge in [-0.05, 0) is 0 Å². The Morgan fingerprint density at radius 3 is 2.10 bits per heavy atom. The molecule has 1 aliphatic heterocycles. The van der Waals surface area contributed by atoms with E-state index in [4.69, 9.17) is 29.4 Å². The summed E-state index contributed by atoms with van der Waals surface area (Å²) in [5.74, 6) is -3.01. The number of quaternary nitrogens is 2. The van der Waals surface area contributed by atoms with Crippen molar-refractivity contribution in [3.63, 3.8) is 0 Å². The number of nitrogens with one attached hydrogen (secondary N) is 2. The second-order valence-electron chi connectivity index (χ2n) is 6.09. The van der Waals surface area contributed by atoms with Crippen LogP contribution in [0.5, 0.6) is 0 Å². The molecule has 15 heteroatoms. The molecule has 0 spiro atoms. The van der Waals surface area contributed by atoms with Crippen LogP contribution in [0.15, 0.2) is 12.7 Å². The van der Waals surface area contributed by atoms with Crippen molar-refractivity contribution >= 4 is 17.9 Å². The van der Waals surface area contributed by atoms with E-state index in [9.17, 15) is 35.0 Å². The minimum Gasteiger partial charge on any atom is -0.600 e. The van der Waals surface area contributed by atoms with Gasteiger partial charge in [0.1, 0.15) is 31.9 Å². The average molecular weight is 440 g/mol. The highest BCUT2D eigenvalue weighted by molar-refractivity contribution is 5.81. The maximum Gasteiger partial charge on any atom is 0.330 e.